The van der Waals surface area contributed by atoms with Crippen molar-refractivity contribution in [1.29, 1.82) is 0 Å². The highest BCUT2D eigenvalue weighted by molar-refractivity contribution is 8.00. The minimum atomic E-state index is 0.325. The maximum absolute atomic E-state index is 6.17. The zero-order valence-corrected chi connectivity index (χ0v) is 17.7. The summed E-state index contributed by atoms with van der Waals surface area (Å²) in [7, 11) is 8.11. The lowest BCUT2D eigenvalue weighted by Crippen LogP contribution is -2.00. The Morgan fingerprint density at radius 2 is 1.11 bits per heavy atom. The van der Waals surface area contributed by atoms with E-state index < -0.39 is 0 Å². The molecular weight excluding hydrogens is 378 g/mol. The standard InChI is InChI=1S/C21H27NO5S/c1-23-15-9-12(8-14(22)20(15)26-4)18-6-7-19(28-18)13-10-16(24-2)21(27-5)17(11-13)25-3/h8-11,18-19H,6-7,22H2,1-5H3/t18-,19-/m0/s1. The molecule has 1 aliphatic heterocycles. The molecule has 2 N–H and O–H groups in total. The number of thioether (sulfide) groups is 1. The van der Waals surface area contributed by atoms with Gasteiger partial charge in [-0.15, -0.1) is 11.8 Å². The largest absolute Gasteiger partial charge is 0.493 e. The first-order valence-corrected chi connectivity index (χ1v) is 9.97. The van der Waals surface area contributed by atoms with E-state index in [0.29, 0.717) is 44.9 Å². The second-order valence-electron chi connectivity index (χ2n) is 6.50. The molecular formula is C21H27NO5S. The molecule has 6 nitrogen and oxygen atoms in total. The van der Waals surface area contributed by atoms with E-state index in [9.17, 15) is 0 Å². The van der Waals surface area contributed by atoms with Crippen LogP contribution in [0.2, 0.25) is 0 Å². The van der Waals surface area contributed by atoms with Gasteiger partial charge in [0, 0.05) is 10.5 Å². The predicted octanol–water partition coefficient (Wildman–Crippen LogP) is 4.62. The van der Waals surface area contributed by atoms with Gasteiger partial charge in [-0.3, -0.25) is 0 Å². The van der Waals surface area contributed by atoms with Gasteiger partial charge in [0.2, 0.25) is 5.75 Å². The van der Waals surface area contributed by atoms with E-state index in [1.54, 1.807) is 35.5 Å². The fourth-order valence-electron chi connectivity index (χ4n) is 3.62. The average Bonchev–Trinajstić information content (AvgIpc) is 3.22. The summed E-state index contributed by atoms with van der Waals surface area (Å²) in [6, 6.07) is 8.07. The van der Waals surface area contributed by atoms with Crippen molar-refractivity contribution in [3.05, 3.63) is 35.4 Å². The predicted molar refractivity (Wildman–Crippen MR) is 112 cm³/mol. The molecule has 2 aromatic rings. The molecule has 0 radical (unpaired) electrons. The van der Waals surface area contributed by atoms with Gasteiger partial charge in [0.1, 0.15) is 0 Å². The van der Waals surface area contributed by atoms with Crippen molar-refractivity contribution in [2.24, 2.45) is 0 Å². The van der Waals surface area contributed by atoms with Crippen LogP contribution in [0.15, 0.2) is 24.3 Å². The topological polar surface area (TPSA) is 72.2 Å². The van der Waals surface area contributed by atoms with Gasteiger partial charge in [-0.1, -0.05) is 0 Å². The van der Waals surface area contributed by atoms with E-state index in [0.717, 1.165) is 24.0 Å². The molecule has 1 heterocycles. The molecule has 152 valence electrons. The molecule has 2 aromatic carbocycles. The lowest BCUT2D eigenvalue weighted by atomic mass is 10.0. The summed E-state index contributed by atoms with van der Waals surface area (Å²) in [5.74, 6) is 3.21. The van der Waals surface area contributed by atoms with Crippen LogP contribution in [0.4, 0.5) is 5.69 Å². The summed E-state index contributed by atoms with van der Waals surface area (Å²) in [6.45, 7) is 0. The number of rotatable bonds is 7. The normalized spacial score (nSPS) is 18.6. The highest BCUT2D eigenvalue weighted by Crippen LogP contribution is 2.55. The van der Waals surface area contributed by atoms with Crippen LogP contribution >= 0.6 is 11.8 Å². The molecule has 1 fully saturated rings. The first-order valence-electron chi connectivity index (χ1n) is 9.03. The third-order valence-electron chi connectivity index (χ3n) is 4.98. The summed E-state index contributed by atoms with van der Waals surface area (Å²) in [5.41, 5.74) is 9.07. The van der Waals surface area contributed by atoms with Gasteiger partial charge in [-0.2, -0.15) is 0 Å². The summed E-state index contributed by atoms with van der Waals surface area (Å²) in [6.07, 6.45) is 2.09. The fraction of sp³-hybridized carbons (Fsp3) is 0.429. The molecule has 0 unspecified atom stereocenters. The van der Waals surface area contributed by atoms with Gasteiger partial charge in [0.25, 0.3) is 0 Å². The molecule has 0 amide bonds. The summed E-state index contributed by atoms with van der Waals surface area (Å²) < 4.78 is 27.2. The SMILES string of the molecule is COc1cc([C@@H]2CC[C@@H](c3cc(OC)c(OC)c(OC)c3)S2)cc(N)c1OC. The molecule has 0 bridgehead atoms. The van der Waals surface area contributed by atoms with Crippen LogP contribution in [0, 0.1) is 0 Å². The molecule has 1 aliphatic rings. The molecule has 28 heavy (non-hydrogen) atoms. The van der Waals surface area contributed by atoms with Crippen molar-refractivity contribution in [2.75, 3.05) is 41.3 Å². The van der Waals surface area contributed by atoms with Crippen LogP contribution in [0.5, 0.6) is 28.7 Å². The number of nitrogen functional groups attached to an aromatic ring is 1. The van der Waals surface area contributed by atoms with E-state index in [4.69, 9.17) is 29.4 Å². The molecule has 2 atom stereocenters. The zero-order valence-electron chi connectivity index (χ0n) is 16.9. The Balaban J connectivity index is 1.87. The Morgan fingerprint density at radius 3 is 1.54 bits per heavy atom. The van der Waals surface area contributed by atoms with Gasteiger partial charge in [0.15, 0.2) is 23.0 Å². The van der Waals surface area contributed by atoms with Crippen LogP contribution in [0.3, 0.4) is 0 Å². The lowest BCUT2D eigenvalue weighted by molar-refractivity contribution is 0.323. The molecule has 0 saturated carbocycles. The zero-order chi connectivity index (χ0) is 20.3. The number of anilines is 1. The average molecular weight is 406 g/mol. The smallest absolute Gasteiger partial charge is 0.203 e. The number of hydrogen-bond donors (Lipinski definition) is 1. The number of benzene rings is 2. The molecule has 0 aromatic heterocycles. The van der Waals surface area contributed by atoms with E-state index in [1.807, 2.05) is 36.0 Å². The Kier molecular flexibility index (Phi) is 6.34. The molecule has 7 heteroatoms. The Labute approximate surface area is 170 Å². The van der Waals surface area contributed by atoms with Crippen molar-refractivity contribution in [3.8, 4) is 28.7 Å². The van der Waals surface area contributed by atoms with Gasteiger partial charge < -0.3 is 29.4 Å². The van der Waals surface area contributed by atoms with Gasteiger partial charge in [0.05, 0.1) is 41.2 Å². The van der Waals surface area contributed by atoms with E-state index >= 15 is 0 Å². The summed E-state index contributed by atoms with van der Waals surface area (Å²) in [4.78, 5) is 0. The minimum absolute atomic E-state index is 0.325. The van der Waals surface area contributed by atoms with Gasteiger partial charge >= 0.3 is 0 Å². The van der Waals surface area contributed by atoms with Gasteiger partial charge in [-0.25, -0.2) is 0 Å². The Morgan fingerprint density at radius 1 is 0.679 bits per heavy atom. The molecule has 0 spiro atoms. The molecule has 1 saturated heterocycles. The van der Waals surface area contributed by atoms with Crippen LogP contribution in [0.1, 0.15) is 34.5 Å². The van der Waals surface area contributed by atoms with Gasteiger partial charge in [-0.05, 0) is 48.2 Å². The third-order valence-corrected chi connectivity index (χ3v) is 6.65. The van der Waals surface area contributed by atoms with Crippen molar-refractivity contribution < 1.29 is 23.7 Å². The number of hydrogen-bond acceptors (Lipinski definition) is 7. The van der Waals surface area contributed by atoms with Crippen molar-refractivity contribution >= 4 is 17.4 Å². The number of nitrogens with two attached hydrogens (primary N) is 1. The highest BCUT2D eigenvalue weighted by atomic mass is 32.2. The molecule has 3 rings (SSSR count). The number of methoxy groups -OCH3 is 5. The first-order chi connectivity index (χ1) is 13.6. The minimum Gasteiger partial charge on any atom is -0.493 e. The molecule has 0 aliphatic carbocycles. The third kappa shape index (κ3) is 3.76. The van der Waals surface area contributed by atoms with Crippen LogP contribution in [-0.2, 0) is 0 Å². The van der Waals surface area contributed by atoms with Crippen molar-refractivity contribution in [3.63, 3.8) is 0 Å². The second-order valence-corrected chi connectivity index (χ2v) is 7.91. The van der Waals surface area contributed by atoms with Crippen LogP contribution < -0.4 is 29.4 Å². The Hall–Kier alpha value is -2.41. The van der Waals surface area contributed by atoms with E-state index in [-0.39, 0.29) is 0 Å². The van der Waals surface area contributed by atoms with Crippen molar-refractivity contribution in [1.82, 2.24) is 0 Å². The monoisotopic (exact) mass is 405 g/mol. The van der Waals surface area contributed by atoms with E-state index in [1.165, 1.54) is 0 Å². The second kappa shape index (κ2) is 8.73. The summed E-state index contributed by atoms with van der Waals surface area (Å²) in [5, 5.41) is 0.652. The van der Waals surface area contributed by atoms with Crippen LogP contribution in [-0.4, -0.2) is 35.5 Å². The fourth-order valence-corrected chi connectivity index (χ4v) is 5.14. The Bertz CT molecular complexity index is 817. The first kappa shape index (κ1) is 20.3. The maximum atomic E-state index is 6.17. The van der Waals surface area contributed by atoms with Crippen molar-refractivity contribution in [2.45, 2.75) is 23.3 Å². The summed E-state index contributed by atoms with van der Waals surface area (Å²) >= 11 is 1.91. The quantitative estimate of drug-likeness (QED) is 0.674. The van der Waals surface area contributed by atoms with Crippen LogP contribution in [0.25, 0.3) is 0 Å². The lowest BCUT2D eigenvalue weighted by Gasteiger charge is -2.18. The highest BCUT2D eigenvalue weighted by Gasteiger charge is 2.30. The van der Waals surface area contributed by atoms with E-state index in [2.05, 4.69) is 0 Å². The number of ether oxygens (including phenoxy) is 5. The maximum Gasteiger partial charge on any atom is 0.203 e.